The number of nitrogens with zero attached hydrogens (tertiary/aromatic N) is 1. The molecule has 0 bridgehead atoms. The molecule has 1 atom stereocenters. The van der Waals surface area contributed by atoms with E-state index >= 15 is 0 Å². The lowest BCUT2D eigenvalue weighted by Gasteiger charge is -2.19. The highest BCUT2D eigenvalue weighted by Crippen LogP contribution is 2.50. The summed E-state index contributed by atoms with van der Waals surface area (Å²) in [6, 6.07) is 0. The SMILES string of the molecule is C=C1C[C@@]2(CCN(C)C2=O)C/C1=C/C(=C\C)C(=O)NO. The summed E-state index contributed by atoms with van der Waals surface area (Å²) in [5, 5.41) is 8.71. The molecule has 20 heavy (non-hydrogen) atoms. The monoisotopic (exact) mass is 276 g/mol. The fourth-order valence-electron chi connectivity index (χ4n) is 3.08. The Morgan fingerprint density at radius 3 is 2.70 bits per heavy atom. The Morgan fingerprint density at radius 1 is 1.50 bits per heavy atom. The Balaban J connectivity index is 2.26. The van der Waals surface area contributed by atoms with Gasteiger partial charge < -0.3 is 4.90 Å². The highest BCUT2D eigenvalue weighted by molar-refractivity contribution is 5.96. The smallest absolute Gasteiger partial charge is 0.274 e. The Morgan fingerprint density at radius 2 is 2.20 bits per heavy atom. The number of carbonyl (C=O) groups is 2. The minimum atomic E-state index is -0.552. The van der Waals surface area contributed by atoms with E-state index in [0.29, 0.717) is 18.4 Å². The summed E-state index contributed by atoms with van der Waals surface area (Å²) in [4.78, 5) is 25.5. The van der Waals surface area contributed by atoms with Crippen LogP contribution in [0.4, 0.5) is 0 Å². The topological polar surface area (TPSA) is 69.6 Å². The van der Waals surface area contributed by atoms with E-state index in [-0.39, 0.29) is 11.3 Å². The van der Waals surface area contributed by atoms with Crippen LogP contribution in [0.3, 0.4) is 0 Å². The molecule has 1 aliphatic carbocycles. The van der Waals surface area contributed by atoms with Crippen LogP contribution in [0, 0.1) is 5.41 Å². The van der Waals surface area contributed by atoms with Crippen LogP contribution in [0.25, 0.3) is 0 Å². The number of hydrogen-bond acceptors (Lipinski definition) is 3. The number of likely N-dealkylation sites (tertiary alicyclic amines) is 1. The van der Waals surface area contributed by atoms with Crippen LogP contribution in [0.15, 0.2) is 35.5 Å². The lowest BCUT2D eigenvalue weighted by atomic mass is 9.84. The van der Waals surface area contributed by atoms with Gasteiger partial charge in [-0.05, 0) is 37.8 Å². The first-order valence-corrected chi connectivity index (χ1v) is 6.68. The molecule has 2 N–H and O–H groups in total. The van der Waals surface area contributed by atoms with Crippen molar-refractivity contribution in [1.29, 1.82) is 0 Å². The van der Waals surface area contributed by atoms with Crippen molar-refractivity contribution in [3.05, 3.63) is 35.5 Å². The summed E-state index contributed by atoms with van der Waals surface area (Å²) in [5.74, 6) is -0.390. The van der Waals surface area contributed by atoms with Gasteiger partial charge in [0.15, 0.2) is 0 Å². The maximum absolute atomic E-state index is 12.3. The molecule has 1 heterocycles. The molecule has 0 aromatic rings. The second kappa shape index (κ2) is 5.25. The Kier molecular flexibility index (Phi) is 3.81. The fraction of sp³-hybridized carbons (Fsp3) is 0.467. The van der Waals surface area contributed by atoms with E-state index in [9.17, 15) is 9.59 Å². The molecule has 0 aromatic carbocycles. The Labute approximate surface area is 118 Å². The van der Waals surface area contributed by atoms with E-state index in [1.54, 1.807) is 29.5 Å². The van der Waals surface area contributed by atoms with Gasteiger partial charge in [0.1, 0.15) is 0 Å². The second-order valence-corrected chi connectivity index (χ2v) is 5.57. The fourth-order valence-corrected chi connectivity index (χ4v) is 3.08. The minimum Gasteiger partial charge on any atom is -0.345 e. The van der Waals surface area contributed by atoms with Gasteiger partial charge >= 0.3 is 0 Å². The van der Waals surface area contributed by atoms with Gasteiger partial charge in [0, 0.05) is 19.2 Å². The quantitative estimate of drug-likeness (QED) is 0.457. The Hall–Kier alpha value is -1.88. The third-order valence-corrected chi connectivity index (χ3v) is 4.27. The maximum atomic E-state index is 12.3. The average molecular weight is 276 g/mol. The molecule has 0 unspecified atom stereocenters. The van der Waals surface area contributed by atoms with Crippen LogP contribution in [-0.4, -0.2) is 35.5 Å². The predicted molar refractivity (Wildman–Crippen MR) is 74.8 cm³/mol. The first-order chi connectivity index (χ1) is 9.43. The van der Waals surface area contributed by atoms with Gasteiger partial charge in [-0.25, -0.2) is 5.48 Å². The largest absolute Gasteiger partial charge is 0.345 e. The van der Waals surface area contributed by atoms with Crippen molar-refractivity contribution in [3.63, 3.8) is 0 Å². The van der Waals surface area contributed by atoms with Crippen molar-refractivity contribution in [2.45, 2.75) is 26.2 Å². The van der Waals surface area contributed by atoms with Gasteiger partial charge in [0.2, 0.25) is 5.91 Å². The van der Waals surface area contributed by atoms with Crippen LogP contribution in [0.5, 0.6) is 0 Å². The molecular formula is C15H20N2O3. The van der Waals surface area contributed by atoms with E-state index in [2.05, 4.69) is 6.58 Å². The number of amides is 2. The molecule has 1 aliphatic heterocycles. The first kappa shape index (κ1) is 14.5. The van der Waals surface area contributed by atoms with Crippen LogP contribution >= 0.6 is 0 Å². The maximum Gasteiger partial charge on any atom is 0.274 e. The van der Waals surface area contributed by atoms with Crippen LogP contribution in [-0.2, 0) is 9.59 Å². The molecule has 0 aromatic heterocycles. The molecule has 108 valence electrons. The van der Waals surface area contributed by atoms with Gasteiger partial charge in [-0.1, -0.05) is 18.2 Å². The molecule has 0 radical (unpaired) electrons. The third-order valence-electron chi connectivity index (χ3n) is 4.27. The summed E-state index contributed by atoms with van der Waals surface area (Å²) in [5.41, 5.74) is 3.45. The van der Waals surface area contributed by atoms with Crippen molar-refractivity contribution in [1.82, 2.24) is 10.4 Å². The molecular weight excluding hydrogens is 256 g/mol. The number of nitrogens with one attached hydrogen (secondary N) is 1. The molecule has 2 rings (SSSR count). The van der Waals surface area contributed by atoms with E-state index < -0.39 is 5.91 Å². The molecule has 2 fully saturated rings. The van der Waals surface area contributed by atoms with Gasteiger partial charge in [-0.15, -0.1) is 0 Å². The number of hydrogen-bond donors (Lipinski definition) is 2. The van der Waals surface area contributed by atoms with Gasteiger partial charge in [0.05, 0.1) is 5.41 Å². The van der Waals surface area contributed by atoms with Crippen molar-refractivity contribution >= 4 is 11.8 Å². The van der Waals surface area contributed by atoms with E-state index in [1.807, 2.05) is 7.05 Å². The first-order valence-electron chi connectivity index (χ1n) is 6.68. The van der Waals surface area contributed by atoms with Crippen molar-refractivity contribution < 1.29 is 14.8 Å². The van der Waals surface area contributed by atoms with Gasteiger partial charge in [0.25, 0.3) is 5.91 Å². The summed E-state index contributed by atoms with van der Waals surface area (Å²) < 4.78 is 0. The molecule has 5 nitrogen and oxygen atoms in total. The van der Waals surface area contributed by atoms with Crippen molar-refractivity contribution in [3.8, 4) is 0 Å². The molecule has 2 amide bonds. The summed E-state index contributed by atoms with van der Waals surface area (Å²) in [7, 11) is 1.82. The summed E-state index contributed by atoms with van der Waals surface area (Å²) in [6.45, 7) is 6.52. The standard InChI is InChI=1S/C15H20N2O3/c1-4-11(13(18)16-20)7-12-9-15(8-10(12)2)5-6-17(3)14(15)19/h4,7,20H,2,5-6,8-9H2,1,3H3,(H,16,18)/b11-4+,12-7-/t15-/m0/s1. The van der Waals surface area contributed by atoms with E-state index in [4.69, 9.17) is 5.21 Å². The lowest BCUT2D eigenvalue weighted by molar-refractivity contribution is -0.134. The number of rotatable bonds is 2. The average Bonchev–Trinajstić information content (AvgIpc) is 2.90. The third kappa shape index (κ3) is 2.29. The number of allylic oxidation sites excluding steroid dienone is 3. The van der Waals surface area contributed by atoms with Crippen LogP contribution < -0.4 is 5.48 Å². The Bertz CT molecular complexity index is 533. The van der Waals surface area contributed by atoms with Crippen LogP contribution in [0.2, 0.25) is 0 Å². The van der Waals surface area contributed by atoms with Crippen LogP contribution in [0.1, 0.15) is 26.2 Å². The number of hydroxylamine groups is 1. The normalized spacial score (nSPS) is 28.9. The lowest BCUT2D eigenvalue weighted by Crippen LogP contribution is -2.30. The van der Waals surface area contributed by atoms with E-state index in [1.165, 1.54) is 0 Å². The second-order valence-electron chi connectivity index (χ2n) is 5.57. The van der Waals surface area contributed by atoms with E-state index in [0.717, 1.165) is 24.1 Å². The number of carbonyl (C=O) groups excluding carboxylic acids is 2. The predicted octanol–water partition coefficient (Wildman–Crippen LogP) is 1.56. The zero-order valence-corrected chi connectivity index (χ0v) is 11.9. The van der Waals surface area contributed by atoms with Crippen molar-refractivity contribution in [2.75, 3.05) is 13.6 Å². The molecule has 1 saturated heterocycles. The molecule has 2 aliphatic rings. The zero-order valence-electron chi connectivity index (χ0n) is 11.9. The highest BCUT2D eigenvalue weighted by Gasteiger charge is 2.49. The highest BCUT2D eigenvalue weighted by atomic mass is 16.5. The van der Waals surface area contributed by atoms with Gasteiger partial charge in [-0.3, -0.25) is 14.8 Å². The molecule has 5 heteroatoms. The summed E-state index contributed by atoms with van der Waals surface area (Å²) in [6.07, 6.45) is 5.44. The van der Waals surface area contributed by atoms with Crippen molar-refractivity contribution in [2.24, 2.45) is 5.41 Å². The summed E-state index contributed by atoms with van der Waals surface area (Å²) >= 11 is 0. The molecule has 1 spiro atoms. The zero-order chi connectivity index (χ0) is 14.9. The minimum absolute atomic E-state index is 0.163. The molecule has 1 saturated carbocycles. The van der Waals surface area contributed by atoms with Gasteiger partial charge in [-0.2, -0.15) is 0 Å².